The van der Waals surface area contributed by atoms with Crippen LogP contribution >= 0.6 is 0 Å². The second kappa shape index (κ2) is 3.27. The molecule has 1 aliphatic carbocycles. The Kier molecular flexibility index (Phi) is 2.08. The largest absolute Gasteiger partial charge is 0.300 e. The van der Waals surface area contributed by atoms with Crippen LogP contribution < -0.4 is 0 Å². The fraction of sp³-hybridized carbons (Fsp3) is 1.00. The maximum atomic E-state index is 2.82. The average molecular weight is 179 g/mol. The molecule has 0 amide bonds. The summed E-state index contributed by atoms with van der Waals surface area (Å²) in [6.07, 6.45) is 10.6. The number of hydrogen-bond donors (Lipinski definition) is 0. The van der Waals surface area contributed by atoms with Crippen LogP contribution in [0, 0.1) is 11.8 Å². The molecule has 0 N–H and O–H groups in total. The van der Waals surface area contributed by atoms with Gasteiger partial charge in [-0.15, -0.1) is 0 Å². The molecule has 2 atom stereocenters. The van der Waals surface area contributed by atoms with Crippen LogP contribution in [0.15, 0.2) is 0 Å². The van der Waals surface area contributed by atoms with Crippen LogP contribution in [0.5, 0.6) is 0 Å². The van der Waals surface area contributed by atoms with Crippen molar-refractivity contribution in [2.45, 2.75) is 51.0 Å². The molecule has 1 saturated carbocycles. The fourth-order valence-corrected chi connectivity index (χ4v) is 4.12. The van der Waals surface area contributed by atoms with E-state index < -0.39 is 0 Å². The summed E-state index contributed by atoms with van der Waals surface area (Å²) in [5.41, 5.74) is 0. The summed E-state index contributed by atoms with van der Waals surface area (Å²) < 4.78 is 0. The van der Waals surface area contributed by atoms with Gasteiger partial charge in [-0.25, -0.2) is 0 Å². The first kappa shape index (κ1) is 8.28. The Balaban J connectivity index is 1.82. The molecule has 3 rings (SSSR count). The molecule has 0 aromatic rings. The van der Waals surface area contributed by atoms with Gasteiger partial charge in [0.1, 0.15) is 0 Å². The molecule has 2 aliphatic heterocycles. The minimum atomic E-state index is 1.02. The second-order valence-corrected chi connectivity index (χ2v) is 5.26. The first-order valence-corrected chi connectivity index (χ1v) is 6.19. The lowest BCUT2D eigenvalue weighted by molar-refractivity contribution is -0.0111. The molecule has 0 aromatic heterocycles. The summed E-state index contributed by atoms with van der Waals surface area (Å²) in [4.78, 5) is 2.82. The molecule has 0 spiro atoms. The molecule has 0 bridgehead atoms. The quantitative estimate of drug-likeness (QED) is 0.552. The molecular weight excluding hydrogens is 158 g/mol. The molecule has 0 radical (unpaired) electrons. The normalized spacial score (nSPS) is 45.7. The van der Waals surface area contributed by atoms with E-state index in [2.05, 4.69) is 4.90 Å². The number of rotatable bonds is 0. The topological polar surface area (TPSA) is 3.24 Å². The Labute approximate surface area is 81.5 Å². The molecule has 2 heterocycles. The van der Waals surface area contributed by atoms with E-state index in [9.17, 15) is 0 Å². The third kappa shape index (κ3) is 1.32. The predicted molar refractivity (Wildman–Crippen MR) is 54.7 cm³/mol. The maximum Gasteiger partial charge on any atom is 0.0152 e. The van der Waals surface area contributed by atoms with Gasteiger partial charge in [-0.3, -0.25) is 4.90 Å². The van der Waals surface area contributed by atoms with Crippen LogP contribution in [-0.4, -0.2) is 24.0 Å². The van der Waals surface area contributed by atoms with Crippen LogP contribution in [0.4, 0.5) is 0 Å². The van der Waals surface area contributed by atoms with Crippen molar-refractivity contribution < 1.29 is 0 Å². The van der Waals surface area contributed by atoms with E-state index in [0.29, 0.717) is 0 Å². The van der Waals surface area contributed by atoms with Crippen molar-refractivity contribution in [3.63, 3.8) is 0 Å². The zero-order chi connectivity index (χ0) is 8.67. The minimum absolute atomic E-state index is 1.02. The van der Waals surface area contributed by atoms with Crippen molar-refractivity contribution in [3.05, 3.63) is 0 Å². The molecule has 1 nitrogen and oxygen atoms in total. The molecule has 74 valence electrons. The molecule has 3 aliphatic rings. The molecule has 0 aromatic carbocycles. The third-order valence-corrected chi connectivity index (χ3v) is 4.58. The molecule has 0 unspecified atom stereocenters. The van der Waals surface area contributed by atoms with Crippen molar-refractivity contribution in [2.24, 2.45) is 11.8 Å². The first-order chi connectivity index (χ1) is 6.45. The monoisotopic (exact) mass is 179 g/mol. The van der Waals surface area contributed by atoms with Gasteiger partial charge in [-0.05, 0) is 63.5 Å². The highest BCUT2D eigenvalue weighted by molar-refractivity contribution is 4.94. The maximum absolute atomic E-state index is 2.82. The lowest BCUT2D eigenvalue weighted by Crippen LogP contribution is -2.54. The van der Waals surface area contributed by atoms with Crippen LogP contribution in [0.1, 0.15) is 44.9 Å². The van der Waals surface area contributed by atoms with E-state index in [1.165, 1.54) is 58.0 Å². The van der Waals surface area contributed by atoms with Crippen molar-refractivity contribution in [2.75, 3.05) is 13.1 Å². The van der Waals surface area contributed by atoms with Crippen LogP contribution in [0.25, 0.3) is 0 Å². The fourth-order valence-electron chi connectivity index (χ4n) is 4.12. The standard InChI is InChI=1S/C12H21N/c1-4-10-6-2-8-13-9-3-7-11(5-1)12(10)13/h10-12H,1-9H2/t10-,11-/m1/s1. The summed E-state index contributed by atoms with van der Waals surface area (Å²) in [6, 6.07) is 1.02. The first-order valence-electron chi connectivity index (χ1n) is 6.19. The SMILES string of the molecule is C1C[C@@H]2CCCN3CCC[C@@H](C1)C23. The Morgan fingerprint density at radius 3 is 1.85 bits per heavy atom. The molecule has 2 saturated heterocycles. The highest BCUT2D eigenvalue weighted by Crippen LogP contribution is 2.42. The van der Waals surface area contributed by atoms with Gasteiger partial charge in [-0.2, -0.15) is 0 Å². The Morgan fingerprint density at radius 1 is 0.692 bits per heavy atom. The van der Waals surface area contributed by atoms with E-state index in [4.69, 9.17) is 0 Å². The molecule has 1 heteroatoms. The van der Waals surface area contributed by atoms with E-state index >= 15 is 0 Å². The third-order valence-electron chi connectivity index (χ3n) is 4.58. The van der Waals surface area contributed by atoms with Crippen molar-refractivity contribution in [3.8, 4) is 0 Å². The van der Waals surface area contributed by atoms with E-state index in [-0.39, 0.29) is 0 Å². The van der Waals surface area contributed by atoms with Crippen LogP contribution in [-0.2, 0) is 0 Å². The van der Waals surface area contributed by atoms with Gasteiger partial charge >= 0.3 is 0 Å². The van der Waals surface area contributed by atoms with Gasteiger partial charge in [0, 0.05) is 6.04 Å². The summed E-state index contributed by atoms with van der Waals surface area (Å²) in [5, 5.41) is 0. The Morgan fingerprint density at radius 2 is 1.23 bits per heavy atom. The average Bonchev–Trinajstić information content (AvgIpc) is 2.19. The summed E-state index contributed by atoms with van der Waals surface area (Å²) >= 11 is 0. The minimum Gasteiger partial charge on any atom is -0.300 e. The lowest BCUT2D eigenvalue weighted by atomic mass is 9.69. The Bertz CT molecular complexity index is 144. The lowest BCUT2D eigenvalue weighted by Gasteiger charge is -2.51. The van der Waals surface area contributed by atoms with Gasteiger partial charge in [0.25, 0.3) is 0 Å². The van der Waals surface area contributed by atoms with E-state index in [1.54, 1.807) is 0 Å². The molecule has 13 heavy (non-hydrogen) atoms. The van der Waals surface area contributed by atoms with Crippen molar-refractivity contribution in [1.29, 1.82) is 0 Å². The highest BCUT2D eigenvalue weighted by Gasteiger charge is 2.40. The number of nitrogens with zero attached hydrogens (tertiary/aromatic N) is 1. The van der Waals surface area contributed by atoms with Gasteiger partial charge in [0.15, 0.2) is 0 Å². The Hall–Kier alpha value is -0.0400. The predicted octanol–water partition coefficient (Wildman–Crippen LogP) is 2.66. The summed E-state index contributed by atoms with van der Waals surface area (Å²) in [7, 11) is 0. The van der Waals surface area contributed by atoms with Crippen LogP contribution in [0.2, 0.25) is 0 Å². The van der Waals surface area contributed by atoms with Crippen LogP contribution in [0.3, 0.4) is 0 Å². The van der Waals surface area contributed by atoms with Gasteiger partial charge in [0.2, 0.25) is 0 Å². The zero-order valence-electron chi connectivity index (χ0n) is 8.54. The zero-order valence-corrected chi connectivity index (χ0v) is 8.54. The summed E-state index contributed by atoms with van der Waals surface area (Å²) in [5.74, 6) is 2.18. The van der Waals surface area contributed by atoms with Gasteiger partial charge in [-0.1, -0.05) is 6.42 Å². The number of hydrogen-bond acceptors (Lipinski definition) is 1. The number of piperidine rings is 2. The second-order valence-electron chi connectivity index (χ2n) is 5.26. The highest BCUT2D eigenvalue weighted by atomic mass is 15.2. The van der Waals surface area contributed by atoms with E-state index in [0.717, 1.165) is 17.9 Å². The van der Waals surface area contributed by atoms with E-state index in [1.807, 2.05) is 0 Å². The van der Waals surface area contributed by atoms with Crippen molar-refractivity contribution in [1.82, 2.24) is 4.90 Å². The van der Waals surface area contributed by atoms with Gasteiger partial charge in [0.05, 0.1) is 0 Å². The molecule has 3 fully saturated rings. The van der Waals surface area contributed by atoms with Crippen molar-refractivity contribution >= 4 is 0 Å². The molecular formula is C12H21N. The smallest absolute Gasteiger partial charge is 0.0152 e. The summed E-state index contributed by atoms with van der Waals surface area (Å²) in [6.45, 7) is 2.83. The van der Waals surface area contributed by atoms with Gasteiger partial charge < -0.3 is 0 Å².